The summed E-state index contributed by atoms with van der Waals surface area (Å²) >= 11 is 0. The van der Waals surface area contributed by atoms with Crippen molar-refractivity contribution in [3.05, 3.63) is 0 Å². The lowest BCUT2D eigenvalue weighted by atomic mass is 9.97. The molecule has 1 aliphatic rings. The summed E-state index contributed by atoms with van der Waals surface area (Å²) in [6.07, 6.45) is -1.90. The molecule has 1 atom stereocenters. The van der Waals surface area contributed by atoms with Crippen molar-refractivity contribution in [2.45, 2.75) is 12.0 Å². The van der Waals surface area contributed by atoms with Gasteiger partial charge in [0.1, 0.15) is 6.54 Å². The van der Waals surface area contributed by atoms with Crippen LogP contribution in [0.4, 0.5) is 9.59 Å². The molecule has 0 aromatic rings. The third kappa shape index (κ3) is 3.33. The van der Waals surface area contributed by atoms with Crippen LogP contribution in [0.2, 0.25) is 0 Å². The second kappa shape index (κ2) is 6.68. The molecule has 10 heteroatoms. The quantitative estimate of drug-likeness (QED) is 0.422. The van der Waals surface area contributed by atoms with E-state index in [0.717, 1.165) is 14.2 Å². The maximum absolute atomic E-state index is 11.8. The van der Waals surface area contributed by atoms with E-state index in [1.54, 1.807) is 0 Å². The Balaban J connectivity index is 2.91. The number of hydrogen-bond acceptors (Lipinski definition) is 9. The van der Waals surface area contributed by atoms with Gasteiger partial charge in [0.2, 0.25) is 5.54 Å². The van der Waals surface area contributed by atoms with Gasteiger partial charge in [-0.25, -0.2) is 14.4 Å². The molecule has 0 saturated heterocycles. The molecule has 0 spiro atoms. The molecule has 0 aromatic carbocycles. The molecule has 0 fully saturated rings. The van der Waals surface area contributed by atoms with Crippen LogP contribution in [0.15, 0.2) is 10.2 Å². The van der Waals surface area contributed by atoms with E-state index in [4.69, 9.17) is 0 Å². The lowest BCUT2D eigenvalue weighted by Gasteiger charge is -2.27. The van der Waals surface area contributed by atoms with Gasteiger partial charge in [-0.3, -0.25) is 0 Å². The lowest BCUT2D eigenvalue weighted by molar-refractivity contribution is -0.154. The number of azo groups is 1. The fraction of sp³-hybridized carbons (Fsp3) is 0.700. The SMILES string of the molecule is COC(=O)ON(CC1(C(=O)OC)CCN=N1)C(=O)OC. The number of hydroxylamine groups is 2. The highest BCUT2D eigenvalue weighted by Crippen LogP contribution is 2.26. The zero-order valence-electron chi connectivity index (χ0n) is 11.3. The minimum Gasteiger partial charge on any atom is -0.467 e. The van der Waals surface area contributed by atoms with E-state index in [-0.39, 0.29) is 13.0 Å². The number of rotatable bonds is 3. The van der Waals surface area contributed by atoms with E-state index in [2.05, 4.69) is 29.3 Å². The van der Waals surface area contributed by atoms with Gasteiger partial charge >= 0.3 is 18.2 Å². The van der Waals surface area contributed by atoms with Crippen molar-refractivity contribution < 1.29 is 33.4 Å². The Kier molecular flexibility index (Phi) is 5.23. The smallest absolute Gasteiger partial charge is 0.467 e. The van der Waals surface area contributed by atoms with Crippen LogP contribution in [0.1, 0.15) is 6.42 Å². The van der Waals surface area contributed by atoms with E-state index in [9.17, 15) is 14.4 Å². The monoisotopic (exact) mass is 289 g/mol. The number of ether oxygens (including phenoxy) is 3. The topological polar surface area (TPSA) is 116 Å². The number of esters is 1. The summed E-state index contributed by atoms with van der Waals surface area (Å²) in [7, 11) is 3.35. The van der Waals surface area contributed by atoms with Crippen molar-refractivity contribution in [1.29, 1.82) is 0 Å². The van der Waals surface area contributed by atoms with Crippen molar-refractivity contribution in [1.82, 2.24) is 5.06 Å². The zero-order chi connectivity index (χ0) is 15.2. The molecule has 1 aliphatic heterocycles. The molecule has 1 rings (SSSR count). The van der Waals surface area contributed by atoms with E-state index in [0.29, 0.717) is 11.6 Å². The molecule has 1 unspecified atom stereocenters. The maximum Gasteiger partial charge on any atom is 0.533 e. The third-order valence-corrected chi connectivity index (χ3v) is 2.59. The highest BCUT2D eigenvalue weighted by atomic mass is 16.8. The number of carbonyl (C=O) groups is 3. The Morgan fingerprint density at radius 3 is 2.30 bits per heavy atom. The Hall–Kier alpha value is -2.39. The molecule has 20 heavy (non-hydrogen) atoms. The molecule has 0 aliphatic carbocycles. The average molecular weight is 289 g/mol. The fourth-order valence-electron chi connectivity index (χ4n) is 1.58. The molecule has 0 N–H and O–H groups in total. The summed E-state index contributed by atoms with van der Waals surface area (Å²) in [5.41, 5.74) is -1.42. The van der Waals surface area contributed by atoms with Crippen molar-refractivity contribution in [3.63, 3.8) is 0 Å². The Morgan fingerprint density at radius 2 is 1.85 bits per heavy atom. The molecule has 1 heterocycles. The number of hydrogen-bond donors (Lipinski definition) is 0. The fourth-order valence-corrected chi connectivity index (χ4v) is 1.58. The first kappa shape index (κ1) is 15.7. The first-order valence-electron chi connectivity index (χ1n) is 5.57. The molecule has 112 valence electrons. The van der Waals surface area contributed by atoms with Crippen LogP contribution in [-0.2, 0) is 23.8 Å². The number of amides is 1. The van der Waals surface area contributed by atoms with Crippen LogP contribution >= 0.6 is 0 Å². The summed E-state index contributed by atoms with van der Waals surface area (Å²) in [5.74, 6) is -0.693. The van der Waals surface area contributed by atoms with E-state index < -0.39 is 23.8 Å². The predicted molar refractivity (Wildman–Crippen MR) is 61.7 cm³/mol. The van der Waals surface area contributed by atoms with Gasteiger partial charge in [-0.15, -0.1) is 5.06 Å². The molecule has 0 aromatic heterocycles. The number of nitrogens with zero attached hydrogens (tertiary/aromatic N) is 3. The van der Waals surface area contributed by atoms with Gasteiger partial charge in [0.25, 0.3) is 0 Å². The highest BCUT2D eigenvalue weighted by molar-refractivity contribution is 5.82. The zero-order valence-corrected chi connectivity index (χ0v) is 11.3. The Labute approximate surface area is 114 Å². The maximum atomic E-state index is 11.8. The molecule has 0 saturated carbocycles. The molecule has 0 radical (unpaired) electrons. The summed E-state index contributed by atoms with van der Waals surface area (Å²) < 4.78 is 13.4. The third-order valence-electron chi connectivity index (χ3n) is 2.59. The van der Waals surface area contributed by atoms with Crippen molar-refractivity contribution >= 4 is 18.2 Å². The average Bonchev–Trinajstić information content (AvgIpc) is 2.94. The van der Waals surface area contributed by atoms with Gasteiger partial charge in [-0.2, -0.15) is 10.2 Å². The Morgan fingerprint density at radius 1 is 1.15 bits per heavy atom. The van der Waals surface area contributed by atoms with Crippen molar-refractivity contribution in [2.24, 2.45) is 10.2 Å². The van der Waals surface area contributed by atoms with Crippen molar-refractivity contribution in [3.8, 4) is 0 Å². The van der Waals surface area contributed by atoms with E-state index in [1.807, 2.05) is 0 Å². The summed E-state index contributed by atoms with van der Waals surface area (Å²) in [5, 5.41) is 8.05. The standard InChI is InChI=1S/C10H15N3O7/c1-17-7(14)10(4-5-11-12-10)6-13(8(15)18-2)20-9(16)19-3/h4-6H2,1-3H3. The van der Waals surface area contributed by atoms with E-state index in [1.165, 1.54) is 7.11 Å². The van der Waals surface area contributed by atoms with Gasteiger partial charge in [-0.05, 0) is 0 Å². The predicted octanol–water partition coefficient (Wildman–Crippen LogP) is 0.520. The number of carbonyl (C=O) groups excluding carboxylic acids is 3. The minimum atomic E-state index is -1.42. The summed E-state index contributed by atoms with van der Waals surface area (Å²) in [4.78, 5) is 39.1. The van der Waals surface area contributed by atoms with Crippen LogP contribution in [0.5, 0.6) is 0 Å². The molecular weight excluding hydrogens is 274 g/mol. The molecule has 10 nitrogen and oxygen atoms in total. The normalized spacial score (nSPS) is 20.1. The molecule has 1 amide bonds. The summed E-state index contributed by atoms with van der Waals surface area (Å²) in [6.45, 7) is -0.0900. The van der Waals surface area contributed by atoms with Gasteiger partial charge in [0.15, 0.2) is 0 Å². The van der Waals surface area contributed by atoms with Gasteiger partial charge in [-0.1, -0.05) is 0 Å². The van der Waals surface area contributed by atoms with Crippen LogP contribution in [0.25, 0.3) is 0 Å². The van der Waals surface area contributed by atoms with Crippen molar-refractivity contribution in [2.75, 3.05) is 34.4 Å². The van der Waals surface area contributed by atoms with Gasteiger partial charge in [0, 0.05) is 6.42 Å². The second-order valence-corrected chi connectivity index (χ2v) is 3.79. The van der Waals surface area contributed by atoms with Crippen LogP contribution in [0, 0.1) is 0 Å². The first-order valence-corrected chi connectivity index (χ1v) is 5.57. The van der Waals surface area contributed by atoms with E-state index >= 15 is 0 Å². The first-order chi connectivity index (χ1) is 9.49. The Bertz CT molecular complexity index is 425. The lowest BCUT2D eigenvalue weighted by Crippen LogP contribution is -2.49. The second-order valence-electron chi connectivity index (χ2n) is 3.79. The van der Waals surface area contributed by atoms with Gasteiger partial charge in [0.05, 0.1) is 27.9 Å². The minimum absolute atomic E-state index is 0.220. The van der Waals surface area contributed by atoms with Crippen LogP contribution < -0.4 is 0 Å². The highest BCUT2D eigenvalue weighted by Gasteiger charge is 2.46. The molecule has 0 bridgehead atoms. The number of methoxy groups -OCH3 is 3. The summed E-state index contributed by atoms with van der Waals surface area (Å²) in [6, 6.07) is 0. The van der Waals surface area contributed by atoms with Gasteiger partial charge < -0.3 is 19.0 Å². The largest absolute Gasteiger partial charge is 0.533 e. The molecular formula is C10H15N3O7. The van der Waals surface area contributed by atoms with Crippen LogP contribution in [-0.4, -0.2) is 63.2 Å². The van der Waals surface area contributed by atoms with Crippen LogP contribution in [0.3, 0.4) is 0 Å².